The van der Waals surface area contributed by atoms with Gasteiger partial charge in [-0.1, -0.05) is 44.2 Å². The average Bonchev–Trinajstić information content (AvgIpc) is 3.16. The molecule has 116 valence electrons. The van der Waals surface area contributed by atoms with Crippen LogP contribution in [0.5, 0.6) is 0 Å². The second-order valence-corrected chi connectivity index (χ2v) is 6.87. The van der Waals surface area contributed by atoms with Gasteiger partial charge in [0.15, 0.2) is 0 Å². The lowest BCUT2D eigenvalue weighted by Crippen LogP contribution is -2.56. The van der Waals surface area contributed by atoms with Crippen molar-refractivity contribution < 1.29 is 5.11 Å². The summed E-state index contributed by atoms with van der Waals surface area (Å²) in [6.45, 7) is 6.85. The molecule has 3 unspecified atom stereocenters. The fraction of sp³-hybridized carbons (Fsp3) is 0.684. The Bertz CT molecular complexity index is 448. The highest BCUT2D eigenvalue weighted by atomic mass is 16.3. The maximum Gasteiger partial charge on any atom is 0.0757 e. The normalized spacial score (nSPS) is 27.8. The Kier molecular flexibility index (Phi) is 4.37. The van der Waals surface area contributed by atoms with Gasteiger partial charge in [-0.3, -0.25) is 4.90 Å². The van der Waals surface area contributed by atoms with Gasteiger partial charge in [-0.15, -0.1) is 0 Å². The molecule has 2 nitrogen and oxygen atoms in total. The van der Waals surface area contributed by atoms with Crippen molar-refractivity contribution >= 4 is 0 Å². The minimum absolute atomic E-state index is 0.00466. The number of rotatable bonds is 6. The van der Waals surface area contributed by atoms with Crippen LogP contribution in [0.1, 0.15) is 57.4 Å². The van der Waals surface area contributed by atoms with Crippen LogP contribution in [0.15, 0.2) is 30.3 Å². The summed E-state index contributed by atoms with van der Waals surface area (Å²) in [5.74, 6) is 1.02. The molecule has 2 heteroatoms. The molecule has 2 aliphatic rings. The molecule has 1 aliphatic carbocycles. The van der Waals surface area contributed by atoms with Crippen molar-refractivity contribution in [1.29, 1.82) is 0 Å². The van der Waals surface area contributed by atoms with Gasteiger partial charge in [0.2, 0.25) is 0 Å². The third kappa shape index (κ3) is 2.64. The van der Waals surface area contributed by atoms with Crippen molar-refractivity contribution in [3.05, 3.63) is 35.9 Å². The fourth-order valence-electron chi connectivity index (χ4n) is 4.51. The van der Waals surface area contributed by atoms with E-state index in [0.717, 1.165) is 19.3 Å². The molecule has 1 N–H and O–H groups in total. The summed E-state index contributed by atoms with van der Waals surface area (Å²) in [5.41, 5.74) is 1.41. The molecule has 1 aliphatic heterocycles. The van der Waals surface area contributed by atoms with Gasteiger partial charge in [0.25, 0.3) is 0 Å². The van der Waals surface area contributed by atoms with Crippen LogP contribution in [0.2, 0.25) is 0 Å². The highest BCUT2D eigenvalue weighted by Crippen LogP contribution is 2.53. The molecule has 3 rings (SSSR count). The molecular formula is C19H29NO. The van der Waals surface area contributed by atoms with Gasteiger partial charge >= 0.3 is 0 Å². The molecular weight excluding hydrogens is 258 g/mol. The molecule has 21 heavy (non-hydrogen) atoms. The molecule has 1 heterocycles. The Morgan fingerprint density at radius 2 is 1.76 bits per heavy atom. The van der Waals surface area contributed by atoms with Crippen LogP contribution in [0.3, 0.4) is 0 Å². The molecule has 1 aromatic carbocycles. The van der Waals surface area contributed by atoms with Gasteiger partial charge in [-0.05, 0) is 62.6 Å². The molecule has 1 saturated carbocycles. The Labute approximate surface area is 129 Å². The van der Waals surface area contributed by atoms with Crippen molar-refractivity contribution in [3.63, 3.8) is 0 Å². The Morgan fingerprint density at radius 3 is 2.33 bits per heavy atom. The van der Waals surface area contributed by atoms with E-state index >= 15 is 0 Å². The van der Waals surface area contributed by atoms with E-state index in [9.17, 15) is 5.11 Å². The maximum absolute atomic E-state index is 11.1. The predicted octanol–water partition coefficient (Wildman–Crippen LogP) is 3.81. The van der Waals surface area contributed by atoms with Gasteiger partial charge in [0.05, 0.1) is 6.10 Å². The highest BCUT2D eigenvalue weighted by Gasteiger charge is 2.53. The molecule has 0 amide bonds. The van der Waals surface area contributed by atoms with E-state index in [0.29, 0.717) is 11.8 Å². The van der Waals surface area contributed by atoms with Crippen molar-refractivity contribution in [3.8, 4) is 0 Å². The summed E-state index contributed by atoms with van der Waals surface area (Å²) in [7, 11) is 0. The number of benzene rings is 1. The lowest BCUT2D eigenvalue weighted by molar-refractivity contribution is -0.0401. The average molecular weight is 287 g/mol. The van der Waals surface area contributed by atoms with E-state index in [2.05, 4.69) is 49.1 Å². The first-order chi connectivity index (χ1) is 10.2. The molecule has 1 aromatic rings. The first kappa shape index (κ1) is 15.1. The quantitative estimate of drug-likeness (QED) is 0.860. The van der Waals surface area contributed by atoms with E-state index in [1.54, 1.807) is 0 Å². The van der Waals surface area contributed by atoms with Crippen LogP contribution in [-0.2, 0) is 0 Å². The van der Waals surface area contributed by atoms with E-state index in [-0.39, 0.29) is 11.6 Å². The topological polar surface area (TPSA) is 23.5 Å². The van der Waals surface area contributed by atoms with E-state index in [4.69, 9.17) is 0 Å². The summed E-state index contributed by atoms with van der Waals surface area (Å²) >= 11 is 0. The lowest BCUT2D eigenvalue weighted by Gasteiger charge is -2.45. The lowest BCUT2D eigenvalue weighted by atomic mass is 9.81. The largest absolute Gasteiger partial charge is 0.391 e. The number of aliphatic hydroxyl groups is 1. The second kappa shape index (κ2) is 6.10. The minimum atomic E-state index is -0.184. The monoisotopic (exact) mass is 287 g/mol. The number of likely N-dealkylation sites (tertiary alicyclic amines) is 1. The van der Waals surface area contributed by atoms with E-state index in [1.165, 1.54) is 31.5 Å². The third-order valence-electron chi connectivity index (χ3n) is 5.98. The summed E-state index contributed by atoms with van der Waals surface area (Å²) in [5, 5.41) is 11.1. The van der Waals surface area contributed by atoms with Crippen LogP contribution >= 0.6 is 0 Å². The molecule has 2 fully saturated rings. The fourth-order valence-corrected chi connectivity index (χ4v) is 4.51. The molecule has 0 bridgehead atoms. The van der Waals surface area contributed by atoms with Gasteiger partial charge in [0.1, 0.15) is 0 Å². The molecule has 3 atom stereocenters. The first-order valence-corrected chi connectivity index (χ1v) is 8.71. The summed E-state index contributed by atoms with van der Waals surface area (Å²) in [6.07, 6.45) is 5.67. The van der Waals surface area contributed by atoms with Crippen molar-refractivity contribution in [2.24, 2.45) is 5.92 Å². The molecule has 0 spiro atoms. The second-order valence-electron chi connectivity index (χ2n) is 6.87. The zero-order valence-electron chi connectivity index (χ0n) is 13.5. The Morgan fingerprint density at radius 1 is 1.14 bits per heavy atom. The van der Waals surface area contributed by atoms with E-state index < -0.39 is 0 Å². The SMILES string of the molecule is CCC(CC)(C(O)C1CC1c1ccccc1)N1CCCC1. The van der Waals surface area contributed by atoms with Crippen LogP contribution < -0.4 is 0 Å². The van der Waals surface area contributed by atoms with Gasteiger partial charge in [-0.25, -0.2) is 0 Å². The molecule has 0 radical (unpaired) electrons. The smallest absolute Gasteiger partial charge is 0.0757 e. The van der Waals surface area contributed by atoms with Crippen molar-refractivity contribution in [2.75, 3.05) is 13.1 Å². The first-order valence-electron chi connectivity index (χ1n) is 8.71. The standard InChI is InChI=1S/C19H29NO/c1-3-19(4-2,20-12-8-9-13-20)18(21)17-14-16(17)15-10-6-5-7-11-15/h5-7,10-11,16-18,21H,3-4,8-9,12-14H2,1-2H3. The number of nitrogens with zero attached hydrogens (tertiary/aromatic N) is 1. The van der Waals surface area contributed by atoms with E-state index in [1.807, 2.05) is 0 Å². The third-order valence-corrected chi connectivity index (χ3v) is 5.98. The summed E-state index contributed by atoms with van der Waals surface area (Å²) in [6, 6.07) is 10.7. The molecule has 0 aromatic heterocycles. The molecule has 1 saturated heterocycles. The van der Waals surface area contributed by atoms with Crippen LogP contribution in [0, 0.1) is 5.92 Å². The van der Waals surface area contributed by atoms with Gasteiger partial charge in [0, 0.05) is 5.54 Å². The van der Waals surface area contributed by atoms with Crippen LogP contribution in [-0.4, -0.2) is 34.7 Å². The number of aliphatic hydroxyl groups excluding tert-OH is 1. The highest BCUT2D eigenvalue weighted by molar-refractivity contribution is 5.27. The minimum Gasteiger partial charge on any atom is -0.391 e. The predicted molar refractivity (Wildman–Crippen MR) is 87.4 cm³/mol. The zero-order chi connectivity index (χ0) is 14.9. The number of hydrogen-bond acceptors (Lipinski definition) is 2. The van der Waals surface area contributed by atoms with Crippen LogP contribution in [0.25, 0.3) is 0 Å². The van der Waals surface area contributed by atoms with Gasteiger partial charge < -0.3 is 5.11 Å². The summed E-state index contributed by atoms with van der Waals surface area (Å²) in [4.78, 5) is 2.58. The van der Waals surface area contributed by atoms with Crippen molar-refractivity contribution in [1.82, 2.24) is 4.90 Å². The zero-order valence-corrected chi connectivity index (χ0v) is 13.5. The van der Waals surface area contributed by atoms with Gasteiger partial charge in [-0.2, -0.15) is 0 Å². The van der Waals surface area contributed by atoms with Crippen molar-refractivity contribution in [2.45, 2.75) is 63.5 Å². The maximum atomic E-state index is 11.1. The van der Waals surface area contributed by atoms with Crippen LogP contribution in [0.4, 0.5) is 0 Å². The summed E-state index contributed by atoms with van der Waals surface area (Å²) < 4.78 is 0. The Balaban J connectivity index is 1.75. The number of hydrogen-bond donors (Lipinski definition) is 1. The Hall–Kier alpha value is -0.860.